The second kappa shape index (κ2) is 20.2. The molecule has 2 amide bonds. The highest BCUT2D eigenvalue weighted by Crippen LogP contribution is 2.61. The molecule has 2 aliphatic rings. The third kappa shape index (κ3) is 13.3. The van der Waals surface area contributed by atoms with Crippen molar-refractivity contribution in [2.45, 2.75) is 80.5 Å². The molecule has 1 aromatic heterocycles. The fraction of sp³-hybridized carbons (Fsp3) is 0.731. The predicted octanol–water partition coefficient (Wildman–Crippen LogP) is -5.27. The van der Waals surface area contributed by atoms with Gasteiger partial charge in [-0.25, -0.2) is 18.7 Å². The summed E-state index contributed by atoms with van der Waals surface area (Å²) < 4.78 is 59.5. The van der Waals surface area contributed by atoms with Crippen molar-refractivity contribution in [1.82, 2.24) is 20.2 Å². The van der Waals surface area contributed by atoms with Crippen LogP contribution < -0.4 is 21.9 Å². The lowest BCUT2D eigenvalue weighted by molar-refractivity contribution is -0.273. The SMILES string of the molecule is COCCOCCC(=O)NC(CCC(=O)NCC1OC(OP(=O)(O)OP(=O)(O)OC[C@H]2OC(n3ccc(=O)[nH]c3=O)[C@@H](O)[C@H]2O)C(O)[C@@H](O)[C@H]1O)C(=O)O. The number of nitrogens with zero attached hydrogens (tertiary/aromatic N) is 1. The molecular weight excluding hydrogens is 782 g/mol. The van der Waals surface area contributed by atoms with Gasteiger partial charge in [0.25, 0.3) is 5.56 Å². The zero-order chi connectivity index (χ0) is 40.4. The number of aliphatic hydroxyl groups is 5. The summed E-state index contributed by atoms with van der Waals surface area (Å²) in [4.78, 5) is 81.4. The number of phosphoric ester groups is 2. The Hall–Kier alpha value is -3.01. The number of methoxy groups -OCH3 is 1. The molecule has 7 unspecified atom stereocenters. The first-order chi connectivity index (χ1) is 25.2. The van der Waals surface area contributed by atoms with E-state index >= 15 is 0 Å². The van der Waals surface area contributed by atoms with Crippen LogP contribution in [0, 0.1) is 0 Å². The molecular formula is C26H42N4O22P2. The minimum absolute atomic E-state index is 0.0122. The average molecular weight is 825 g/mol. The fourth-order valence-electron chi connectivity index (χ4n) is 4.88. The topological polar surface area (TPSA) is 391 Å². The lowest BCUT2D eigenvalue weighted by Gasteiger charge is -2.40. The summed E-state index contributed by atoms with van der Waals surface area (Å²) in [7, 11) is -9.96. The minimum atomic E-state index is -5.78. The van der Waals surface area contributed by atoms with E-state index in [0.717, 1.165) is 12.3 Å². The Morgan fingerprint density at radius 1 is 0.907 bits per heavy atom. The molecule has 0 aromatic carbocycles. The maximum absolute atomic E-state index is 12.6. The zero-order valence-corrected chi connectivity index (χ0v) is 30.0. The van der Waals surface area contributed by atoms with Crippen LogP contribution in [0.1, 0.15) is 25.5 Å². The minimum Gasteiger partial charge on any atom is -0.480 e. The van der Waals surface area contributed by atoms with Crippen molar-refractivity contribution in [3.8, 4) is 0 Å². The normalized spacial score (nSPS) is 29.8. The lowest BCUT2D eigenvalue weighted by Crippen LogP contribution is -2.60. The number of hydrogen-bond donors (Lipinski definition) is 11. The van der Waals surface area contributed by atoms with E-state index in [-0.39, 0.29) is 32.7 Å². The summed E-state index contributed by atoms with van der Waals surface area (Å²) in [6.07, 6.45) is -17.4. The van der Waals surface area contributed by atoms with E-state index in [1.54, 1.807) is 0 Å². The number of phosphoric acid groups is 2. The molecule has 2 saturated heterocycles. The molecule has 28 heteroatoms. The molecule has 26 nitrogen and oxygen atoms in total. The van der Waals surface area contributed by atoms with E-state index in [4.69, 9.17) is 18.9 Å². The van der Waals surface area contributed by atoms with Gasteiger partial charge in [-0.2, -0.15) is 4.31 Å². The number of nitrogens with one attached hydrogen (secondary N) is 3. The summed E-state index contributed by atoms with van der Waals surface area (Å²) in [5.74, 6) is -2.93. The molecule has 2 aliphatic heterocycles. The number of hydrogen-bond acceptors (Lipinski definition) is 19. The van der Waals surface area contributed by atoms with Gasteiger partial charge >= 0.3 is 27.3 Å². The zero-order valence-electron chi connectivity index (χ0n) is 28.2. The van der Waals surface area contributed by atoms with Gasteiger partial charge in [-0.15, -0.1) is 0 Å². The van der Waals surface area contributed by atoms with Gasteiger partial charge < -0.3 is 70.0 Å². The highest BCUT2D eigenvalue weighted by molar-refractivity contribution is 7.61. The Morgan fingerprint density at radius 2 is 1.59 bits per heavy atom. The first-order valence-corrected chi connectivity index (χ1v) is 18.8. The molecule has 0 aliphatic carbocycles. The molecule has 2 fully saturated rings. The van der Waals surface area contributed by atoms with Crippen LogP contribution in [0.2, 0.25) is 0 Å². The maximum atomic E-state index is 12.6. The van der Waals surface area contributed by atoms with Crippen molar-refractivity contribution in [1.29, 1.82) is 0 Å². The number of carboxylic acids is 1. The van der Waals surface area contributed by atoms with Crippen LogP contribution in [0.5, 0.6) is 0 Å². The third-order valence-electron chi connectivity index (χ3n) is 7.68. The second-order valence-corrected chi connectivity index (χ2v) is 14.7. The highest BCUT2D eigenvalue weighted by Gasteiger charge is 2.50. The van der Waals surface area contributed by atoms with Gasteiger partial charge in [-0.1, -0.05) is 0 Å². The van der Waals surface area contributed by atoms with Gasteiger partial charge in [0.15, 0.2) is 12.5 Å². The second-order valence-electron chi connectivity index (χ2n) is 11.7. The molecule has 0 saturated carbocycles. The molecule has 0 radical (unpaired) electrons. The first kappa shape index (κ1) is 45.4. The number of carbonyl (C=O) groups excluding carboxylic acids is 2. The molecule has 1 aromatic rings. The van der Waals surface area contributed by atoms with Crippen LogP contribution in [0.4, 0.5) is 0 Å². The first-order valence-electron chi connectivity index (χ1n) is 15.8. The number of rotatable bonds is 21. The molecule has 0 bridgehead atoms. The molecule has 308 valence electrons. The predicted molar refractivity (Wildman–Crippen MR) is 171 cm³/mol. The summed E-state index contributed by atoms with van der Waals surface area (Å²) >= 11 is 0. The van der Waals surface area contributed by atoms with Crippen molar-refractivity contribution >= 4 is 33.4 Å². The maximum Gasteiger partial charge on any atom is 0.483 e. The van der Waals surface area contributed by atoms with Crippen molar-refractivity contribution in [3.05, 3.63) is 33.1 Å². The third-order valence-corrected chi connectivity index (χ3v) is 10.3. The number of amides is 2. The lowest BCUT2D eigenvalue weighted by atomic mass is 9.99. The van der Waals surface area contributed by atoms with Gasteiger partial charge in [0, 0.05) is 38.8 Å². The van der Waals surface area contributed by atoms with Gasteiger partial charge in [0.2, 0.25) is 11.8 Å². The van der Waals surface area contributed by atoms with Gasteiger partial charge in [0.05, 0.1) is 26.4 Å². The Bertz CT molecular complexity index is 1640. The number of aliphatic hydroxyl groups excluding tert-OH is 5. The fourth-order valence-corrected chi connectivity index (χ4v) is 7.04. The van der Waals surface area contributed by atoms with Crippen molar-refractivity contribution in [2.75, 3.05) is 40.1 Å². The van der Waals surface area contributed by atoms with Crippen molar-refractivity contribution < 1.29 is 96.2 Å². The van der Waals surface area contributed by atoms with Gasteiger partial charge in [0.1, 0.15) is 48.8 Å². The number of H-pyrrole nitrogens is 1. The Morgan fingerprint density at radius 3 is 2.24 bits per heavy atom. The van der Waals surface area contributed by atoms with E-state index in [1.807, 2.05) is 4.98 Å². The van der Waals surface area contributed by atoms with E-state index < -0.39 is 126 Å². The van der Waals surface area contributed by atoms with E-state index in [2.05, 4.69) is 24.0 Å². The van der Waals surface area contributed by atoms with Crippen molar-refractivity contribution in [3.63, 3.8) is 0 Å². The monoisotopic (exact) mass is 824 g/mol. The van der Waals surface area contributed by atoms with Crippen LogP contribution in [0.15, 0.2) is 21.9 Å². The number of carbonyl (C=O) groups is 3. The van der Waals surface area contributed by atoms with E-state index in [1.165, 1.54) is 7.11 Å². The molecule has 3 heterocycles. The summed E-state index contributed by atoms with van der Waals surface area (Å²) in [6, 6.07) is -0.561. The standard InChI is InChI=1S/C26H42N4O22P2/c1-46-8-9-47-7-5-17(33)28-12(24(39)40)2-3-15(31)27-10-13-18(34)20(36)22(38)25(50-13)51-54(44,45)52-53(42,43)48-11-14-19(35)21(37)23(49-14)30-6-4-16(32)29-26(30)41/h4,6,12-14,18-23,25,34-38H,2-3,5,7-11H2,1H3,(H,27,31)(H,28,33)(H,39,40)(H,42,43)(H,44,45)(H,29,32,41)/t12?,13?,14-,18+,19+,20+,21+,22?,23?,25?/m1/s1. The van der Waals surface area contributed by atoms with Crippen LogP contribution in [0.3, 0.4) is 0 Å². The van der Waals surface area contributed by atoms with Crippen LogP contribution in [0.25, 0.3) is 0 Å². The summed E-state index contributed by atoms with van der Waals surface area (Å²) in [5, 5.41) is 65.3. The van der Waals surface area contributed by atoms with Crippen LogP contribution in [-0.4, -0.2) is 163 Å². The van der Waals surface area contributed by atoms with E-state index in [0.29, 0.717) is 4.57 Å². The number of aromatic amines is 1. The van der Waals surface area contributed by atoms with Crippen LogP contribution >= 0.6 is 15.6 Å². The Labute approximate surface area is 303 Å². The summed E-state index contributed by atoms with van der Waals surface area (Å²) in [5.41, 5.74) is -1.81. The number of aromatic nitrogens is 2. The Kier molecular flexibility index (Phi) is 17.0. The molecule has 12 atom stereocenters. The van der Waals surface area contributed by atoms with Gasteiger partial charge in [-0.3, -0.25) is 33.0 Å². The molecule has 3 rings (SSSR count). The van der Waals surface area contributed by atoms with Crippen LogP contribution in [-0.2, 0) is 55.8 Å². The smallest absolute Gasteiger partial charge is 0.480 e. The largest absolute Gasteiger partial charge is 0.483 e. The number of aliphatic carboxylic acids is 1. The van der Waals surface area contributed by atoms with E-state index in [9.17, 15) is 73.5 Å². The summed E-state index contributed by atoms with van der Waals surface area (Å²) in [6.45, 7) is -1.26. The molecule has 54 heavy (non-hydrogen) atoms. The average Bonchev–Trinajstić information content (AvgIpc) is 3.36. The highest BCUT2D eigenvalue weighted by atomic mass is 31.3. The molecule has 0 spiro atoms. The number of ether oxygens (including phenoxy) is 4. The molecule has 11 N–H and O–H groups in total. The van der Waals surface area contributed by atoms with Gasteiger partial charge in [-0.05, 0) is 6.42 Å². The quantitative estimate of drug-likeness (QED) is 0.0407. The Balaban J connectivity index is 1.51. The number of carboxylic acid groups (broad SMARTS) is 1. The van der Waals surface area contributed by atoms with Crippen molar-refractivity contribution in [2.24, 2.45) is 0 Å².